The van der Waals surface area contributed by atoms with Gasteiger partial charge in [0.2, 0.25) is 5.95 Å². The zero-order valence-corrected chi connectivity index (χ0v) is 17.5. The van der Waals surface area contributed by atoms with Crippen LogP contribution in [0.3, 0.4) is 0 Å². The van der Waals surface area contributed by atoms with Crippen LogP contribution in [0.15, 0.2) is 24.3 Å². The molecule has 0 unspecified atom stereocenters. The molecule has 7 nitrogen and oxygen atoms in total. The third kappa shape index (κ3) is 4.34. The Kier molecular flexibility index (Phi) is 5.67. The molecule has 1 amide bonds. The van der Waals surface area contributed by atoms with E-state index >= 15 is 0 Å². The number of piperazine rings is 1. The van der Waals surface area contributed by atoms with Crippen LogP contribution in [-0.2, 0) is 4.74 Å². The highest BCUT2D eigenvalue weighted by molar-refractivity contribution is 5.94. The average molecular weight is 396 g/mol. The third-order valence-corrected chi connectivity index (χ3v) is 5.77. The highest BCUT2D eigenvalue weighted by Gasteiger charge is 2.25. The van der Waals surface area contributed by atoms with Crippen LogP contribution < -0.4 is 9.80 Å². The molecule has 0 aliphatic carbocycles. The Bertz CT molecular complexity index is 887. The fourth-order valence-electron chi connectivity index (χ4n) is 3.80. The molecule has 7 heteroatoms. The van der Waals surface area contributed by atoms with Crippen molar-refractivity contribution < 1.29 is 9.53 Å². The van der Waals surface area contributed by atoms with E-state index in [0.717, 1.165) is 68.0 Å². The second-order valence-electron chi connectivity index (χ2n) is 7.85. The standard InChI is InChI=1S/C22H29N5O2/c1-16-4-5-19(14-17(16)2)21(28)26-6-8-27(9-7-26)22-23-18(3)15-20(24-22)25-10-12-29-13-11-25/h4-5,14-15H,6-13H2,1-3H3. The predicted molar refractivity (Wildman–Crippen MR) is 114 cm³/mol. The van der Waals surface area contributed by atoms with Crippen LogP contribution >= 0.6 is 0 Å². The number of anilines is 2. The van der Waals surface area contributed by atoms with Crippen LogP contribution in [0.4, 0.5) is 11.8 Å². The first kappa shape index (κ1) is 19.6. The molecule has 154 valence electrons. The maximum atomic E-state index is 12.9. The Hall–Kier alpha value is -2.67. The zero-order valence-electron chi connectivity index (χ0n) is 17.5. The Morgan fingerprint density at radius 2 is 1.59 bits per heavy atom. The molecule has 1 aromatic heterocycles. The normalized spacial score (nSPS) is 17.6. The lowest BCUT2D eigenvalue weighted by Crippen LogP contribution is -2.49. The monoisotopic (exact) mass is 395 g/mol. The number of carbonyl (C=O) groups excluding carboxylic acids is 1. The maximum Gasteiger partial charge on any atom is 0.253 e. The summed E-state index contributed by atoms with van der Waals surface area (Å²) in [5.41, 5.74) is 4.09. The minimum Gasteiger partial charge on any atom is -0.378 e. The van der Waals surface area contributed by atoms with Crippen LogP contribution in [0.25, 0.3) is 0 Å². The quantitative estimate of drug-likeness (QED) is 0.794. The number of aryl methyl sites for hydroxylation is 3. The number of aromatic nitrogens is 2. The summed E-state index contributed by atoms with van der Waals surface area (Å²) in [6.45, 7) is 12.1. The molecule has 0 spiro atoms. The molecule has 4 rings (SSSR count). The average Bonchev–Trinajstić information content (AvgIpc) is 2.75. The molecular formula is C22H29N5O2. The van der Waals surface area contributed by atoms with Gasteiger partial charge in [0.15, 0.2) is 0 Å². The van der Waals surface area contributed by atoms with E-state index in [1.807, 2.05) is 43.0 Å². The molecule has 1 aromatic carbocycles. The van der Waals surface area contributed by atoms with Crippen molar-refractivity contribution in [1.82, 2.24) is 14.9 Å². The number of benzene rings is 1. The van der Waals surface area contributed by atoms with E-state index in [4.69, 9.17) is 9.72 Å². The predicted octanol–water partition coefficient (Wildman–Crippen LogP) is 2.20. The van der Waals surface area contributed by atoms with Gasteiger partial charge in [-0.25, -0.2) is 4.98 Å². The van der Waals surface area contributed by atoms with Gasteiger partial charge in [-0.2, -0.15) is 4.98 Å². The number of morpholine rings is 1. The van der Waals surface area contributed by atoms with E-state index in [1.165, 1.54) is 5.56 Å². The molecule has 2 aliphatic rings. The number of amides is 1. The van der Waals surface area contributed by atoms with E-state index in [9.17, 15) is 4.79 Å². The third-order valence-electron chi connectivity index (χ3n) is 5.77. The molecule has 2 aromatic rings. The smallest absolute Gasteiger partial charge is 0.253 e. The van der Waals surface area contributed by atoms with Crippen molar-refractivity contribution in [3.63, 3.8) is 0 Å². The molecule has 2 fully saturated rings. The van der Waals surface area contributed by atoms with Gasteiger partial charge in [0.25, 0.3) is 5.91 Å². The lowest BCUT2D eigenvalue weighted by molar-refractivity contribution is 0.0746. The first-order valence-electron chi connectivity index (χ1n) is 10.3. The molecule has 29 heavy (non-hydrogen) atoms. The molecule has 0 radical (unpaired) electrons. The molecule has 2 saturated heterocycles. The number of carbonyl (C=O) groups is 1. The summed E-state index contributed by atoms with van der Waals surface area (Å²) in [6.07, 6.45) is 0. The van der Waals surface area contributed by atoms with Gasteiger partial charge in [0.1, 0.15) is 5.82 Å². The number of rotatable bonds is 3. The molecule has 3 heterocycles. The molecule has 0 atom stereocenters. The second kappa shape index (κ2) is 8.37. The van der Waals surface area contributed by atoms with E-state index in [2.05, 4.69) is 21.7 Å². The van der Waals surface area contributed by atoms with Crippen LogP contribution in [0.1, 0.15) is 27.2 Å². The van der Waals surface area contributed by atoms with Crippen molar-refractivity contribution in [3.05, 3.63) is 46.6 Å². The van der Waals surface area contributed by atoms with Gasteiger partial charge in [-0.15, -0.1) is 0 Å². The van der Waals surface area contributed by atoms with Crippen molar-refractivity contribution in [2.45, 2.75) is 20.8 Å². The van der Waals surface area contributed by atoms with Crippen molar-refractivity contribution in [2.75, 3.05) is 62.3 Å². The van der Waals surface area contributed by atoms with E-state index in [1.54, 1.807) is 0 Å². The summed E-state index contributed by atoms with van der Waals surface area (Å²) in [6, 6.07) is 7.97. The summed E-state index contributed by atoms with van der Waals surface area (Å²) >= 11 is 0. The summed E-state index contributed by atoms with van der Waals surface area (Å²) < 4.78 is 5.45. The number of hydrogen-bond acceptors (Lipinski definition) is 6. The van der Waals surface area contributed by atoms with Gasteiger partial charge in [-0.05, 0) is 44.0 Å². The number of nitrogens with zero attached hydrogens (tertiary/aromatic N) is 5. The Morgan fingerprint density at radius 3 is 2.28 bits per heavy atom. The second-order valence-corrected chi connectivity index (χ2v) is 7.85. The zero-order chi connectivity index (χ0) is 20.4. The van der Waals surface area contributed by atoms with Gasteiger partial charge in [0, 0.05) is 56.6 Å². The summed E-state index contributed by atoms with van der Waals surface area (Å²) in [7, 11) is 0. The highest BCUT2D eigenvalue weighted by Crippen LogP contribution is 2.20. The van der Waals surface area contributed by atoms with Crippen LogP contribution in [-0.4, -0.2) is 73.3 Å². The topological polar surface area (TPSA) is 61.8 Å². The van der Waals surface area contributed by atoms with Crippen molar-refractivity contribution in [3.8, 4) is 0 Å². The fourth-order valence-corrected chi connectivity index (χ4v) is 3.80. The number of hydrogen-bond donors (Lipinski definition) is 0. The molecule has 0 N–H and O–H groups in total. The summed E-state index contributed by atoms with van der Waals surface area (Å²) in [5, 5.41) is 0. The van der Waals surface area contributed by atoms with Gasteiger partial charge < -0.3 is 19.4 Å². The minimum absolute atomic E-state index is 0.104. The minimum atomic E-state index is 0.104. The van der Waals surface area contributed by atoms with Gasteiger partial charge in [-0.3, -0.25) is 4.79 Å². The summed E-state index contributed by atoms with van der Waals surface area (Å²) in [4.78, 5) is 28.7. The van der Waals surface area contributed by atoms with Crippen LogP contribution in [0.2, 0.25) is 0 Å². The Balaban J connectivity index is 1.43. The summed E-state index contributed by atoms with van der Waals surface area (Å²) in [5.74, 6) is 1.82. The van der Waals surface area contributed by atoms with E-state index in [-0.39, 0.29) is 5.91 Å². The van der Waals surface area contributed by atoms with Crippen molar-refractivity contribution in [1.29, 1.82) is 0 Å². The first-order chi connectivity index (χ1) is 14.0. The van der Waals surface area contributed by atoms with E-state index in [0.29, 0.717) is 13.1 Å². The lowest BCUT2D eigenvalue weighted by atomic mass is 10.1. The molecule has 0 bridgehead atoms. The fraction of sp³-hybridized carbons (Fsp3) is 0.500. The van der Waals surface area contributed by atoms with Crippen molar-refractivity contribution in [2.24, 2.45) is 0 Å². The molecule has 0 saturated carbocycles. The highest BCUT2D eigenvalue weighted by atomic mass is 16.5. The maximum absolute atomic E-state index is 12.9. The van der Waals surface area contributed by atoms with Crippen molar-refractivity contribution >= 4 is 17.7 Å². The molecular weight excluding hydrogens is 366 g/mol. The molecule has 2 aliphatic heterocycles. The Labute approximate surface area is 172 Å². The Morgan fingerprint density at radius 1 is 0.862 bits per heavy atom. The largest absolute Gasteiger partial charge is 0.378 e. The lowest BCUT2D eigenvalue weighted by Gasteiger charge is -2.35. The number of ether oxygens (including phenoxy) is 1. The van der Waals surface area contributed by atoms with Gasteiger partial charge in [0.05, 0.1) is 13.2 Å². The van der Waals surface area contributed by atoms with E-state index < -0.39 is 0 Å². The SMILES string of the molecule is Cc1cc(N2CCOCC2)nc(N2CCN(C(=O)c3ccc(C)c(C)c3)CC2)n1. The van der Waals surface area contributed by atoms with Gasteiger partial charge >= 0.3 is 0 Å². The van der Waals surface area contributed by atoms with Crippen LogP contribution in [0, 0.1) is 20.8 Å². The first-order valence-corrected chi connectivity index (χ1v) is 10.3. The van der Waals surface area contributed by atoms with Crippen LogP contribution in [0.5, 0.6) is 0 Å². The van der Waals surface area contributed by atoms with Gasteiger partial charge in [-0.1, -0.05) is 6.07 Å².